The molecule has 0 radical (unpaired) electrons. The van der Waals surface area contributed by atoms with Gasteiger partial charge < -0.3 is 14.5 Å². The number of aromatic nitrogens is 2. The smallest absolute Gasteiger partial charge is 0.251 e. The number of carbonyl (C=O) groups excluding carboxylic acids is 1. The molecular formula is C16H24N4O2. The highest BCUT2D eigenvalue weighted by Crippen LogP contribution is 2.22. The van der Waals surface area contributed by atoms with Crippen LogP contribution in [0.3, 0.4) is 0 Å². The molecule has 1 unspecified atom stereocenters. The summed E-state index contributed by atoms with van der Waals surface area (Å²) in [5.74, 6) is 1.07. The number of aryl methyl sites for hydroxylation is 1. The molecule has 2 aliphatic rings. The van der Waals surface area contributed by atoms with Gasteiger partial charge in [0.15, 0.2) is 5.82 Å². The van der Waals surface area contributed by atoms with Crippen LogP contribution in [0, 0.1) is 6.92 Å². The van der Waals surface area contributed by atoms with Crippen LogP contribution >= 0.6 is 0 Å². The number of carbonyl (C=O) groups is 1. The van der Waals surface area contributed by atoms with E-state index in [2.05, 4.69) is 22.1 Å². The summed E-state index contributed by atoms with van der Waals surface area (Å²) in [5.41, 5.74) is 0.925. The second kappa shape index (κ2) is 6.60. The number of rotatable bonds is 3. The molecule has 6 heteroatoms. The van der Waals surface area contributed by atoms with E-state index in [-0.39, 0.29) is 12.0 Å². The molecule has 3 heterocycles. The molecule has 2 saturated heterocycles. The maximum atomic E-state index is 12.3. The molecule has 0 aromatic carbocycles. The number of anilines is 1. The molecule has 0 bridgehead atoms. The van der Waals surface area contributed by atoms with Gasteiger partial charge in [0.25, 0.3) is 5.91 Å². The van der Waals surface area contributed by atoms with E-state index in [4.69, 9.17) is 4.74 Å². The first-order valence-electron chi connectivity index (χ1n) is 8.08. The third kappa shape index (κ3) is 3.21. The zero-order valence-corrected chi connectivity index (χ0v) is 13.4. The van der Waals surface area contributed by atoms with Crippen molar-refractivity contribution in [2.24, 2.45) is 0 Å². The molecule has 6 nitrogen and oxygen atoms in total. The predicted molar refractivity (Wildman–Crippen MR) is 83.7 cm³/mol. The number of amides is 1. The average molecular weight is 304 g/mol. The number of ether oxygens (including phenoxy) is 1. The van der Waals surface area contributed by atoms with E-state index in [1.165, 1.54) is 0 Å². The van der Waals surface area contributed by atoms with Crippen LogP contribution in [0.2, 0.25) is 0 Å². The maximum absolute atomic E-state index is 12.3. The van der Waals surface area contributed by atoms with Crippen molar-refractivity contribution in [1.82, 2.24) is 15.1 Å². The number of likely N-dealkylation sites (tertiary alicyclic amines) is 1. The van der Waals surface area contributed by atoms with Gasteiger partial charge >= 0.3 is 0 Å². The fourth-order valence-corrected chi connectivity index (χ4v) is 3.22. The second-order valence-electron chi connectivity index (χ2n) is 6.20. The van der Waals surface area contributed by atoms with Crippen molar-refractivity contribution in [2.45, 2.75) is 44.8 Å². The van der Waals surface area contributed by atoms with Crippen LogP contribution in [0.25, 0.3) is 0 Å². The average Bonchev–Trinajstić information content (AvgIpc) is 3.09. The molecule has 1 aromatic rings. The molecule has 0 aliphatic carbocycles. The van der Waals surface area contributed by atoms with E-state index in [1.807, 2.05) is 24.0 Å². The Morgan fingerprint density at radius 2 is 2.05 bits per heavy atom. The van der Waals surface area contributed by atoms with Crippen molar-refractivity contribution in [2.75, 3.05) is 31.6 Å². The van der Waals surface area contributed by atoms with Crippen LogP contribution in [0.4, 0.5) is 5.82 Å². The lowest BCUT2D eigenvalue weighted by atomic mass is 10.0. The minimum absolute atomic E-state index is 0.175. The summed E-state index contributed by atoms with van der Waals surface area (Å²) in [7, 11) is 2.06. The molecule has 0 N–H and O–H groups in total. The molecule has 0 spiro atoms. The van der Waals surface area contributed by atoms with Gasteiger partial charge in [0.1, 0.15) is 6.10 Å². The molecule has 120 valence electrons. The molecule has 1 aromatic heterocycles. The Hall–Kier alpha value is -1.69. The lowest BCUT2D eigenvalue weighted by Gasteiger charge is -2.37. The van der Waals surface area contributed by atoms with Gasteiger partial charge in [-0.1, -0.05) is 0 Å². The second-order valence-corrected chi connectivity index (χ2v) is 6.20. The van der Waals surface area contributed by atoms with Crippen molar-refractivity contribution in [1.29, 1.82) is 0 Å². The summed E-state index contributed by atoms with van der Waals surface area (Å²) in [6.07, 6.45) is 3.60. The summed E-state index contributed by atoms with van der Waals surface area (Å²) in [5, 5.41) is 8.36. The Labute approximate surface area is 131 Å². The monoisotopic (exact) mass is 304 g/mol. The minimum Gasteiger partial charge on any atom is -0.368 e. The van der Waals surface area contributed by atoms with Crippen LogP contribution in [0.1, 0.15) is 31.4 Å². The summed E-state index contributed by atoms with van der Waals surface area (Å²) in [4.78, 5) is 16.5. The van der Waals surface area contributed by atoms with Gasteiger partial charge in [0, 0.05) is 32.8 Å². The first kappa shape index (κ1) is 15.2. The highest BCUT2D eigenvalue weighted by molar-refractivity contribution is 5.81. The van der Waals surface area contributed by atoms with Gasteiger partial charge in [-0.25, -0.2) is 0 Å². The fourth-order valence-electron chi connectivity index (χ4n) is 3.22. The molecular weight excluding hydrogens is 280 g/mol. The van der Waals surface area contributed by atoms with E-state index in [0.717, 1.165) is 56.9 Å². The number of hydrogen-bond acceptors (Lipinski definition) is 5. The zero-order chi connectivity index (χ0) is 15.5. The molecule has 1 amide bonds. The van der Waals surface area contributed by atoms with E-state index < -0.39 is 0 Å². The summed E-state index contributed by atoms with van der Waals surface area (Å²) < 4.78 is 5.50. The Morgan fingerprint density at radius 3 is 2.64 bits per heavy atom. The molecule has 0 saturated carbocycles. The molecule has 2 aliphatic heterocycles. The highest BCUT2D eigenvalue weighted by atomic mass is 16.5. The van der Waals surface area contributed by atoms with Crippen molar-refractivity contribution in [3.8, 4) is 0 Å². The van der Waals surface area contributed by atoms with Gasteiger partial charge in [-0.2, -0.15) is 5.10 Å². The Morgan fingerprint density at radius 1 is 1.27 bits per heavy atom. The largest absolute Gasteiger partial charge is 0.368 e. The lowest BCUT2D eigenvalue weighted by molar-refractivity contribution is -0.141. The fraction of sp³-hybridized carbons (Fsp3) is 0.688. The third-order valence-electron chi connectivity index (χ3n) is 4.67. The highest BCUT2D eigenvalue weighted by Gasteiger charge is 2.32. The Bertz CT molecular complexity index is 505. The summed E-state index contributed by atoms with van der Waals surface area (Å²) in [6, 6.07) is 4.40. The quantitative estimate of drug-likeness (QED) is 0.844. The van der Waals surface area contributed by atoms with Crippen LogP contribution in [0.15, 0.2) is 12.1 Å². The van der Waals surface area contributed by atoms with Gasteiger partial charge in [-0.15, -0.1) is 5.10 Å². The normalized spacial score (nSPS) is 22.8. The van der Waals surface area contributed by atoms with Gasteiger partial charge in [0.2, 0.25) is 0 Å². The topological polar surface area (TPSA) is 58.6 Å². The molecule has 2 fully saturated rings. The van der Waals surface area contributed by atoms with Crippen molar-refractivity contribution >= 4 is 11.7 Å². The van der Waals surface area contributed by atoms with Crippen LogP contribution < -0.4 is 4.90 Å². The van der Waals surface area contributed by atoms with E-state index in [0.29, 0.717) is 6.04 Å². The summed E-state index contributed by atoms with van der Waals surface area (Å²) >= 11 is 0. The van der Waals surface area contributed by atoms with E-state index >= 15 is 0 Å². The predicted octanol–water partition coefficient (Wildman–Crippen LogP) is 1.39. The van der Waals surface area contributed by atoms with Crippen LogP contribution in [-0.2, 0) is 9.53 Å². The number of piperidine rings is 1. The van der Waals surface area contributed by atoms with Crippen molar-refractivity contribution in [3.05, 3.63) is 17.8 Å². The molecule has 1 atom stereocenters. The third-order valence-corrected chi connectivity index (χ3v) is 4.67. The zero-order valence-electron chi connectivity index (χ0n) is 13.4. The first-order chi connectivity index (χ1) is 10.6. The lowest BCUT2D eigenvalue weighted by Crippen LogP contribution is -2.48. The molecule has 3 rings (SSSR count). The molecule has 22 heavy (non-hydrogen) atoms. The minimum atomic E-state index is -0.197. The Kier molecular flexibility index (Phi) is 4.57. The van der Waals surface area contributed by atoms with Gasteiger partial charge in [-0.3, -0.25) is 4.79 Å². The van der Waals surface area contributed by atoms with Crippen LogP contribution in [0.5, 0.6) is 0 Å². The van der Waals surface area contributed by atoms with Crippen molar-refractivity contribution in [3.63, 3.8) is 0 Å². The standard InChI is InChI=1S/C16H24N4O2/c1-12-5-6-15(18-17-12)19(2)13-7-9-20(10-8-13)16(21)14-4-3-11-22-14/h5-6,13-14H,3-4,7-11H2,1-2H3. The van der Waals surface area contributed by atoms with E-state index in [1.54, 1.807) is 0 Å². The number of nitrogens with zero attached hydrogens (tertiary/aromatic N) is 4. The van der Waals surface area contributed by atoms with Crippen molar-refractivity contribution < 1.29 is 9.53 Å². The van der Waals surface area contributed by atoms with E-state index in [9.17, 15) is 4.79 Å². The van der Waals surface area contributed by atoms with Crippen LogP contribution in [-0.4, -0.2) is 59.9 Å². The SMILES string of the molecule is Cc1ccc(N(C)C2CCN(C(=O)C3CCCO3)CC2)nn1. The maximum Gasteiger partial charge on any atom is 0.251 e. The Balaban J connectivity index is 1.54. The number of hydrogen-bond donors (Lipinski definition) is 0. The van der Waals surface area contributed by atoms with Gasteiger partial charge in [0.05, 0.1) is 5.69 Å². The van der Waals surface area contributed by atoms with Gasteiger partial charge in [-0.05, 0) is 44.7 Å². The first-order valence-corrected chi connectivity index (χ1v) is 8.08. The summed E-state index contributed by atoms with van der Waals surface area (Å²) in [6.45, 7) is 4.26.